The van der Waals surface area contributed by atoms with Gasteiger partial charge in [0.25, 0.3) is 0 Å². The summed E-state index contributed by atoms with van der Waals surface area (Å²) in [6.45, 7) is 3.03. The molecule has 1 aliphatic heterocycles. The normalized spacial score (nSPS) is 23.3. The molecule has 1 heterocycles. The van der Waals surface area contributed by atoms with Crippen molar-refractivity contribution in [3.8, 4) is 0 Å². The summed E-state index contributed by atoms with van der Waals surface area (Å²) in [6.07, 6.45) is 0. The fraction of sp³-hybridized carbons (Fsp3) is 1.00. The first-order valence-corrected chi connectivity index (χ1v) is 5.63. The Morgan fingerprint density at radius 3 is 2.50 bits per heavy atom. The molecule has 0 atom stereocenters. The molecule has 0 unspecified atom stereocenters. The van der Waals surface area contributed by atoms with Crippen molar-refractivity contribution in [1.82, 2.24) is 4.90 Å². The van der Waals surface area contributed by atoms with Crippen LogP contribution in [0, 0.1) is 0 Å². The topological polar surface area (TPSA) is 20.3 Å². The molecule has 0 aromatic rings. The molecule has 60 valence electrons. The molecule has 1 rings (SSSR count). The van der Waals surface area contributed by atoms with Gasteiger partial charge in [0.05, 0.1) is 0 Å². The van der Waals surface area contributed by atoms with Gasteiger partial charge in [-0.05, 0) is 0 Å². The van der Waals surface area contributed by atoms with Crippen LogP contribution in [0.25, 0.3) is 0 Å². The average Bonchev–Trinajstić information content (AvgIpc) is 1.95. The summed E-state index contributed by atoms with van der Waals surface area (Å²) in [5, 5.41) is 0. The van der Waals surface area contributed by atoms with E-state index in [2.05, 4.69) is 17.5 Å². The second kappa shape index (κ2) is 4.36. The smallest absolute Gasteiger partial charge is 0.0363 e. The first-order valence-electron chi connectivity index (χ1n) is 3.51. The minimum absolute atomic E-state index is 0.531. The summed E-state index contributed by atoms with van der Waals surface area (Å²) in [7, 11) is -0.531. The molecule has 0 bridgehead atoms. The number of hydrogen-bond acceptors (Lipinski definition) is 3. The molecule has 4 heteroatoms. The molecular formula is C6H13NOS2. The van der Waals surface area contributed by atoms with Crippen LogP contribution in [0.3, 0.4) is 0 Å². The first-order chi connectivity index (χ1) is 4.83. The van der Waals surface area contributed by atoms with Gasteiger partial charge in [0, 0.05) is 47.7 Å². The van der Waals surface area contributed by atoms with Crippen molar-refractivity contribution in [1.29, 1.82) is 0 Å². The van der Waals surface area contributed by atoms with Crippen molar-refractivity contribution in [3.05, 3.63) is 0 Å². The Hall–Kier alpha value is 0.460. The van der Waals surface area contributed by atoms with Crippen LogP contribution in [0.15, 0.2) is 0 Å². The van der Waals surface area contributed by atoms with Crippen molar-refractivity contribution >= 4 is 23.4 Å². The maximum atomic E-state index is 10.9. The lowest BCUT2D eigenvalue weighted by Crippen LogP contribution is -2.38. The Morgan fingerprint density at radius 1 is 1.40 bits per heavy atom. The molecule has 0 saturated carbocycles. The third-order valence-electron chi connectivity index (χ3n) is 1.69. The van der Waals surface area contributed by atoms with Crippen LogP contribution in [-0.2, 0) is 10.8 Å². The van der Waals surface area contributed by atoms with Crippen molar-refractivity contribution in [3.63, 3.8) is 0 Å². The lowest BCUT2D eigenvalue weighted by Gasteiger charge is -2.24. The molecule has 0 radical (unpaired) electrons. The first kappa shape index (κ1) is 8.56. The predicted molar refractivity (Wildman–Crippen MR) is 48.2 cm³/mol. The van der Waals surface area contributed by atoms with E-state index in [1.807, 2.05) is 0 Å². The Bertz CT molecular complexity index is 119. The van der Waals surface area contributed by atoms with Crippen molar-refractivity contribution in [2.45, 2.75) is 0 Å². The zero-order valence-corrected chi connectivity index (χ0v) is 7.66. The summed E-state index contributed by atoms with van der Waals surface area (Å²) in [5.41, 5.74) is 0. The van der Waals surface area contributed by atoms with Gasteiger partial charge in [-0.15, -0.1) is 0 Å². The van der Waals surface area contributed by atoms with Gasteiger partial charge in [-0.1, -0.05) is 0 Å². The Morgan fingerprint density at radius 2 is 2.00 bits per heavy atom. The molecule has 1 fully saturated rings. The van der Waals surface area contributed by atoms with Crippen LogP contribution >= 0.6 is 12.6 Å². The van der Waals surface area contributed by atoms with Gasteiger partial charge in [-0.3, -0.25) is 4.21 Å². The number of nitrogens with zero attached hydrogens (tertiary/aromatic N) is 1. The van der Waals surface area contributed by atoms with Gasteiger partial charge in [0.1, 0.15) is 0 Å². The molecule has 0 N–H and O–H groups in total. The summed E-state index contributed by atoms with van der Waals surface area (Å²) >= 11 is 4.14. The third-order valence-corrected chi connectivity index (χ3v) is 3.16. The van der Waals surface area contributed by atoms with Crippen LogP contribution < -0.4 is 0 Å². The molecule has 0 aromatic carbocycles. The Balaban J connectivity index is 2.19. The summed E-state index contributed by atoms with van der Waals surface area (Å²) < 4.78 is 10.9. The van der Waals surface area contributed by atoms with Gasteiger partial charge >= 0.3 is 0 Å². The van der Waals surface area contributed by atoms with Crippen LogP contribution in [0.2, 0.25) is 0 Å². The highest BCUT2D eigenvalue weighted by molar-refractivity contribution is 7.85. The van der Waals surface area contributed by atoms with E-state index in [0.29, 0.717) is 0 Å². The van der Waals surface area contributed by atoms with Gasteiger partial charge in [0.2, 0.25) is 0 Å². The summed E-state index contributed by atoms with van der Waals surface area (Å²) in [6, 6.07) is 0. The maximum Gasteiger partial charge on any atom is 0.0363 e. The molecule has 1 saturated heterocycles. The second-order valence-electron chi connectivity index (χ2n) is 2.41. The summed E-state index contributed by atoms with van der Waals surface area (Å²) in [4.78, 5) is 2.31. The van der Waals surface area contributed by atoms with Gasteiger partial charge in [-0.2, -0.15) is 12.6 Å². The van der Waals surface area contributed by atoms with E-state index in [1.54, 1.807) is 0 Å². The van der Waals surface area contributed by atoms with E-state index in [9.17, 15) is 4.21 Å². The lowest BCUT2D eigenvalue weighted by molar-refractivity contribution is 0.319. The summed E-state index contributed by atoms with van der Waals surface area (Å²) in [5.74, 6) is 2.62. The Kier molecular flexibility index (Phi) is 3.73. The highest BCUT2D eigenvalue weighted by Gasteiger charge is 2.13. The van der Waals surface area contributed by atoms with Gasteiger partial charge in [0.15, 0.2) is 0 Å². The second-order valence-corrected chi connectivity index (χ2v) is 4.56. The zero-order chi connectivity index (χ0) is 7.40. The van der Waals surface area contributed by atoms with E-state index in [0.717, 1.165) is 36.9 Å². The van der Waals surface area contributed by atoms with Crippen LogP contribution in [0.1, 0.15) is 0 Å². The van der Waals surface area contributed by atoms with E-state index >= 15 is 0 Å². The lowest BCUT2D eigenvalue weighted by atomic mass is 10.5. The molecule has 0 spiro atoms. The van der Waals surface area contributed by atoms with Crippen LogP contribution in [-0.4, -0.2) is 46.0 Å². The molecule has 2 nitrogen and oxygen atoms in total. The van der Waals surface area contributed by atoms with Crippen molar-refractivity contribution in [2.24, 2.45) is 0 Å². The number of hydrogen-bond donors (Lipinski definition) is 1. The predicted octanol–water partition coefficient (Wildman–Crippen LogP) is -0.0195. The fourth-order valence-corrected chi connectivity index (χ4v) is 2.45. The molecule has 0 aliphatic carbocycles. The maximum absolute atomic E-state index is 10.9. The minimum Gasteiger partial charge on any atom is -0.301 e. The standard InChI is InChI=1S/C6H13NOS2/c8-10-5-2-7(1-4-9)3-6-10/h9H,1-6H2. The van der Waals surface area contributed by atoms with Crippen LogP contribution in [0.5, 0.6) is 0 Å². The molecule has 10 heavy (non-hydrogen) atoms. The number of rotatable bonds is 2. The van der Waals surface area contributed by atoms with Crippen molar-refractivity contribution < 1.29 is 4.21 Å². The minimum atomic E-state index is -0.531. The van der Waals surface area contributed by atoms with E-state index in [-0.39, 0.29) is 0 Å². The molecular weight excluding hydrogens is 166 g/mol. The van der Waals surface area contributed by atoms with Gasteiger partial charge in [-0.25, -0.2) is 0 Å². The van der Waals surface area contributed by atoms with E-state index in [1.165, 1.54) is 0 Å². The SMILES string of the molecule is O=S1CCN(CCS)CC1. The van der Waals surface area contributed by atoms with E-state index in [4.69, 9.17) is 0 Å². The highest BCUT2D eigenvalue weighted by Crippen LogP contribution is 1.99. The van der Waals surface area contributed by atoms with Crippen LogP contribution in [0.4, 0.5) is 0 Å². The molecule has 0 aromatic heterocycles. The highest BCUT2D eigenvalue weighted by atomic mass is 32.2. The van der Waals surface area contributed by atoms with E-state index < -0.39 is 10.8 Å². The fourth-order valence-electron chi connectivity index (χ4n) is 1.04. The third kappa shape index (κ3) is 2.60. The quantitative estimate of drug-likeness (QED) is 0.601. The zero-order valence-electron chi connectivity index (χ0n) is 5.95. The molecule has 0 amide bonds. The monoisotopic (exact) mass is 179 g/mol. The Labute approximate surface area is 69.8 Å². The molecule has 1 aliphatic rings. The largest absolute Gasteiger partial charge is 0.301 e. The number of thiol groups is 1. The van der Waals surface area contributed by atoms with Crippen molar-refractivity contribution in [2.75, 3.05) is 36.9 Å². The van der Waals surface area contributed by atoms with Gasteiger partial charge < -0.3 is 4.90 Å². The average molecular weight is 179 g/mol.